The number of esters is 1. The molecule has 2 rings (SSSR count). The molecule has 0 aliphatic carbocycles. The number of rotatable bonds is 3. The van der Waals surface area contributed by atoms with Crippen LogP contribution in [0.25, 0.3) is 10.9 Å². The minimum absolute atomic E-state index is 0.352. The van der Waals surface area contributed by atoms with Crippen molar-refractivity contribution in [3.63, 3.8) is 0 Å². The van der Waals surface area contributed by atoms with Gasteiger partial charge in [-0.15, -0.1) is 0 Å². The number of pyridine rings is 1. The number of carbonyl (C=O) groups is 1. The Bertz CT molecular complexity index is 579. The van der Waals surface area contributed by atoms with Crippen LogP contribution in [0.3, 0.4) is 0 Å². The second kappa shape index (κ2) is 4.74. The zero-order valence-electron chi connectivity index (χ0n) is 10.5. The maximum absolute atomic E-state index is 11.5. The summed E-state index contributed by atoms with van der Waals surface area (Å²) in [5.41, 5.74) is 6.56. The number of methoxy groups -OCH3 is 1. The van der Waals surface area contributed by atoms with Crippen LogP contribution in [0.15, 0.2) is 36.4 Å². The summed E-state index contributed by atoms with van der Waals surface area (Å²) in [6, 6.07) is 11.7. The largest absolute Gasteiger partial charge is 0.468 e. The Morgan fingerprint density at radius 3 is 2.78 bits per heavy atom. The van der Waals surface area contributed by atoms with Crippen LogP contribution in [0.5, 0.6) is 0 Å². The molecule has 0 amide bonds. The van der Waals surface area contributed by atoms with E-state index in [4.69, 9.17) is 5.73 Å². The topological polar surface area (TPSA) is 65.2 Å². The molecule has 2 aromatic rings. The maximum atomic E-state index is 11.5. The van der Waals surface area contributed by atoms with Gasteiger partial charge in [-0.05, 0) is 19.1 Å². The number of benzene rings is 1. The van der Waals surface area contributed by atoms with Crippen molar-refractivity contribution in [3.8, 4) is 0 Å². The predicted molar refractivity (Wildman–Crippen MR) is 70.1 cm³/mol. The SMILES string of the molecule is COC(=O)[C@@](C)(N)Cc1ccc2ccccc2n1. The Kier molecular flexibility index (Phi) is 3.30. The van der Waals surface area contributed by atoms with E-state index in [9.17, 15) is 4.79 Å². The van der Waals surface area contributed by atoms with E-state index in [0.717, 1.165) is 16.6 Å². The van der Waals surface area contributed by atoms with Crippen LogP contribution >= 0.6 is 0 Å². The Hall–Kier alpha value is -1.94. The van der Waals surface area contributed by atoms with E-state index in [1.165, 1.54) is 7.11 Å². The number of nitrogens with two attached hydrogens (primary N) is 1. The van der Waals surface area contributed by atoms with E-state index in [1.54, 1.807) is 6.92 Å². The molecule has 1 heterocycles. The summed E-state index contributed by atoms with van der Waals surface area (Å²) >= 11 is 0. The Morgan fingerprint density at radius 2 is 2.06 bits per heavy atom. The molecule has 4 heteroatoms. The summed E-state index contributed by atoms with van der Waals surface area (Å²) in [5, 5.41) is 1.07. The van der Waals surface area contributed by atoms with Crippen molar-refractivity contribution in [2.24, 2.45) is 5.73 Å². The molecule has 1 aromatic heterocycles. The fraction of sp³-hybridized carbons (Fsp3) is 0.286. The molecule has 0 fully saturated rings. The lowest BCUT2D eigenvalue weighted by atomic mass is 9.96. The molecule has 94 valence electrons. The van der Waals surface area contributed by atoms with E-state index in [0.29, 0.717) is 6.42 Å². The van der Waals surface area contributed by atoms with E-state index in [1.807, 2.05) is 36.4 Å². The summed E-state index contributed by atoms with van der Waals surface area (Å²) < 4.78 is 4.68. The van der Waals surface area contributed by atoms with Gasteiger partial charge in [-0.25, -0.2) is 0 Å². The molecule has 1 atom stereocenters. The first kappa shape index (κ1) is 12.5. The molecular weight excluding hydrogens is 228 g/mol. The minimum Gasteiger partial charge on any atom is -0.468 e. The van der Waals surface area contributed by atoms with Crippen molar-refractivity contribution in [2.75, 3.05) is 7.11 Å². The molecule has 1 aromatic carbocycles. The van der Waals surface area contributed by atoms with Crippen molar-refractivity contribution < 1.29 is 9.53 Å². The van der Waals surface area contributed by atoms with E-state index in [-0.39, 0.29) is 0 Å². The van der Waals surface area contributed by atoms with E-state index >= 15 is 0 Å². The highest BCUT2D eigenvalue weighted by Gasteiger charge is 2.30. The summed E-state index contributed by atoms with van der Waals surface area (Å²) in [5.74, 6) is -0.433. The van der Waals surface area contributed by atoms with Gasteiger partial charge in [0.15, 0.2) is 0 Å². The van der Waals surface area contributed by atoms with Gasteiger partial charge in [0, 0.05) is 17.5 Å². The average Bonchev–Trinajstić information content (AvgIpc) is 2.37. The third-order valence-corrected chi connectivity index (χ3v) is 2.86. The van der Waals surface area contributed by atoms with Gasteiger partial charge in [0.2, 0.25) is 0 Å². The van der Waals surface area contributed by atoms with Crippen molar-refractivity contribution >= 4 is 16.9 Å². The van der Waals surface area contributed by atoms with Gasteiger partial charge in [-0.2, -0.15) is 0 Å². The molecule has 4 nitrogen and oxygen atoms in total. The summed E-state index contributed by atoms with van der Waals surface area (Å²) in [6.07, 6.45) is 0.352. The fourth-order valence-electron chi connectivity index (χ4n) is 1.89. The third kappa shape index (κ3) is 2.49. The molecule has 2 N–H and O–H groups in total. The number of aromatic nitrogens is 1. The van der Waals surface area contributed by atoms with Gasteiger partial charge in [0.1, 0.15) is 5.54 Å². The number of carbonyl (C=O) groups excluding carboxylic acids is 1. The van der Waals surface area contributed by atoms with Gasteiger partial charge in [-0.1, -0.05) is 24.3 Å². The lowest BCUT2D eigenvalue weighted by Gasteiger charge is -2.20. The number of para-hydroxylation sites is 1. The summed E-state index contributed by atoms with van der Waals surface area (Å²) in [4.78, 5) is 16.0. The molecule has 0 saturated heterocycles. The van der Waals surface area contributed by atoms with Gasteiger partial charge < -0.3 is 10.5 Å². The first-order valence-corrected chi connectivity index (χ1v) is 5.75. The van der Waals surface area contributed by atoms with Crippen LogP contribution in [-0.4, -0.2) is 23.6 Å². The lowest BCUT2D eigenvalue weighted by Crippen LogP contribution is -2.47. The zero-order valence-corrected chi connectivity index (χ0v) is 10.5. The number of hydrogen-bond donors (Lipinski definition) is 1. The predicted octanol–water partition coefficient (Wildman–Crippen LogP) is 1.67. The lowest BCUT2D eigenvalue weighted by molar-refractivity contribution is -0.146. The molecule has 0 saturated carbocycles. The fourth-order valence-corrected chi connectivity index (χ4v) is 1.89. The van der Waals surface area contributed by atoms with E-state index < -0.39 is 11.5 Å². The van der Waals surface area contributed by atoms with Gasteiger partial charge in [0.25, 0.3) is 0 Å². The monoisotopic (exact) mass is 244 g/mol. The van der Waals surface area contributed by atoms with Crippen molar-refractivity contribution in [3.05, 3.63) is 42.1 Å². The Labute approximate surface area is 106 Å². The van der Waals surface area contributed by atoms with Crippen molar-refractivity contribution in [1.82, 2.24) is 4.98 Å². The first-order valence-electron chi connectivity index (χ1n) is 5.75. The second-order valence-electron chi connectivity index (χ2n) is 4.58. The highest BCUT2D eigenvalue weighted by Crippen LogP contribution is 2.15. The van der Waals surface area contributed by atoms with Crippen LogP contribution in [0.2, 0.25) is 0 Å². The van der Waals surface area contributed by atoms with Gasteiger partial charge >= 0.3 is 5.97 Å². The Morgan fingerprint density at radius 1 is 1.33 bits per heavy atom. The molecule has 0 spiro atoms. The molecular formula is C14H16N2O2. The first-order chi connectivity index (χ1) is 8.53. The van der Waals surface area contributed by atoms with Gasteiger partial charge in [-0.3, -0.25) is 9.78 Å². The molecule has 0 aliphatic heterocycles. The molecule has 18 heavy (non-hydrogen) atoms. The normalized spacial score (nSPS) is 14.2. The Balaban J connectivity index is 2.29. The molecule has 0 aliphatic rings. The highest BCUT2D eigenvalue weighted by molar-refractivity contribution is 5.81. The van der Waals surface area contributed by atoms with E-state index in [2.05, 4.69) is 9.72 Å². The smallest absolute Gasteiger partial charge is 0.325 e. The van der Waals surface area contributed by atoms with Crippen molar-refractivity contribution in [2.45, 2.75) is 18.9 Å². The highest BCUT2D eigenvalue weighted by atomic mass is 16.5. The standard InChI is InChI=1S/C14H16N2O2/c1-14(15,13(17)18-2)9-11-8-7-10-5-3-4-6-12(10)16-11/h3-8H,9,15H2,1-2H3/t14-/m0/s1. The maximum Gasteiger partial charge on any atom is 0.325 e. The van der Waals surface area contributed by atoms with Crippen molar-refractivity contribution in [1.29, 1.82) is 0 Å². The third-order valence-electron chi connectivity index (χ3n) is 2.86. The minimum atomic E-state index is -1.05. The van der Waals surface area contributed by atoms with Crippen LogP contribution in [-0.2, 0) is 16.0 Å². The number of hydrogen-bond acceptors (Lipinski definition) is 4. The molecule has 0 bridgehead atoms. The zero-order chi connectivity index (χ0) is 13.2. The van der Waals surface area contributed by atoms with Crippen LogP contribution in [0.1, 0.15) is 12.6 Å². The number of fused-ring (bicyclic) bond motifs is 1. The quantitative estimate of drug-likeness (QED) is 0.834. The van der Waals surface area contributed by atoms with Crippen LogP contribution in [0.4, 0.5) is 0 Å². The number of ether oxygens (including phenoxy) is 1. The second-order valence-corrected chi connectivity index (χ2v) is 4.58. The summed E-state index contributed by atoms with van der Waals surface area (Å²) in [6.45, 7) is 1.65. The average molecular weight is 244 g/mol. The summed E-state index contributed by atoms with van der Waals surface area (Å²) in [7, 11) is 1.33. The van der Waals surface area contributed by atoms with Crippen LogP contribution in [0, 0.1) is 0 Å². The number of nitrogens with zero attached hydrogens (tertiary/aromatic N) is 1. The van der Waals surface area contributed by atoms with Crippen LogP contribution < -0.4 is 5.73 Å². The van der Waals surface area contributed by atoms with Gasteiger partial charge in [0.05, 0.1) is 12.6 Å². The molecule has 0 unspecified atom stereocenters. The molecule has 0 radical (unpaired) electrons.